The molecule has 18 N–H and O–H groups in total. The fourth-order valence-electron chi connectivity index (χ4n) is 5.40. The van der Waals surface area contributed by atoms with Crippen molar-refractivity contribution in [1.29, 1.82) is 0 Å². The van der Waals surface area contributed by atoms with Gasteiger partial charge in [0.2, 0.25) is 23.6 Å². The van der Waals surface area contributed by atoms with Crippen LogP contribution in [0.3, 0.4) is 0 Å². The van der Waals surface area contributed by atoms with Crippen LogP contribution in [0.5, 0.6) is 5.75 Å². The third-order valence-electron chi connectivity index (χ3n) is 8.37. The number of nitrogens with two attached hydrogens (primary N) is 6. The number of nitrogens with one attached hydrogen (secondary N) is 4. The summed E-state index contributed by atoms with van der Waals surface area (Å²) in [6, 6.07) is 8.79. The van der Waals surface area contributed by atoms with Crippen LogP contribution in [0.2, 0.25) is 0 Å². The highest BCUT2D eigenvalue weighted by molar-refractivity contribution is 5.95. The highest BCUT2D eigenvalue weighted by Crippen LogP contribution is 2.13. The SMILES string of the molecule is NCCCC[C@H](NC(=O)[C@H](Cc1ccccc1)NC(=O)[C@@H](CCCN=C(N)N)NC(=O)[C@H](Cc1ccc(O)cc1)NC(=O)[C@@H](N)CCCN=C(N)N)C(=O)O. The van der Waals surface area contributed by atoms with E-state index in [1.807, 2.05) is 0 Å². The Morgan fingerprint density at radius 2 is 1.04 bits per heavy atom. The molecule has 2 aromatic rings. The van der Waals surface area contributed by atoms with E-state index in [1.54, 1.807) is 42.5 Å². The van der Waals surface area contributed by atoms with Crippen molar-refractivity contribution >= 4 is 41.5 Å². The fraction of sp³-hybridized carbons (Fsp3) is 0.472. The summed E-state index contributed by atoms with van der Waals surface area (Å²) in [6.07, 6.45) is 1.93. The minimum atomic E-state index is -1.26. The summed E-state index contributed by atoms with van der Waals surface area (Å²) >= 11 is 0. The Morgan fingerprint density at radius 3 is 1.56 bits per heavy atom. The average Bonchev–Trinajstić information content (AvgIpc) is 3.14. The monoisotopic (exact) mass is 768 g/mol. The molecule has 0 spiro atoms. The van der Waals surface area contributed by atoms with Crippen LogP contribution in [-0.2, 0) is 36.8 Å². The van der Waals surface area contributed by atoms with E-state index in [4.69, 9.17) is 34.4 Å². The zero-order chi connectivity index (χ0) is 40.8. The van der Waals surface area contributed by atoms with Crippen LogP contribution in [0.1, 0.15) is 56.1 Å². The highest BCUT2D eigenvalue weighted by Gasteiger charge is 2.32. The van der Waals surface area contributed by atoms with E-state index >= 15 is 0 Å². The maximum absolute atomic E-state index is 14.0. The molecule has 0 unspecified atom stereocenters. The topological polar surface area (TPSA) is 355 Å². The third kappa shape index (κ3) is 18.1. The van der Waals surface area contributed by atoms with Crippen LogP contribution in [0.15, 0.2) is 64.6 Å². The van der Waals surface area contributed by atoms with E-state index in [0.717, 1.165) is 0 Å². The second-order valence-electron chi connectivity index (χ2n) is 12.9. The van der Waals surface area contributed by atoms with Crippen molar-refractivity contribution in [3.05, 3.63) is 65.7 Å². The van der Waals surface area contributed by atoms with Crippen molar-refractivity contribution in [3.8, 4) is 5.75 Å². The summed E-state index contributed by atoms with van der Waals surface area (Å²) in [5.74, 6) is -4.40. The fourth-order valence-corrected chi connectivity index (χ4v) is 5.40. The van der Waals surface area contributed by atoms with Gasteiger partial charge in [0, 0.05) is 25.9 Å². The van der Waals surface area contributed by atoms with Crippen molar-refractivity contribution in [3.63, 3.8) is 0 Å². The van der Waals surface area contributed by atoms with Gasteiger partial charge in [0.1, 0.15) is 29.9 Å². The predicted molar refractivity (Wildman–Crippen MR) is 208 cm³/mol. The second-order valence-corrected chi connectivity index (χ2v) is 12.9. The highest BCUT2D eigenvalue weighted by atomic mass is 16.4. The number of aliphatic carboxylic acids is 1. The standard InChI is InChI=1S/C36H56N12O7/c37-17-5-4-11-27(34(54)55)46-33(53)29(20-22-8-2-1-3-9-22)48-31(51)26(12-7-19-44-36(41)42)45-32(52)28(21-23-13-15-24(49)16-14-23)47-30(50)25(38)10-6-18-43-35(39)40/h1-3,8-9,13-16,25-29,49H,4-7,10-12,17-21,37-38H2,(H,45,52)(H,46,53)(H,47,50)(H,48,51)(H,54,55)(H4,39,40,43)(H4,41,42,44)/t25-,26+,27-,28-,29-/m0/s1. The number of aliphatic imine (C=N–C) groups is 2. The number of carbonyl (C=O) groups excluding carboxylic acids is 4. The zero-order valence-electron chi connectivity index (χ0n) is 30.9. The molecule has 0 bridgehead atoms. The molecule has 4 amide bonds. The van der Waals surface area contributed by atoms with Crippen LogP contribution in [0, 0.1) is 0 Å². The number of guanidine groups is 2. The Balaban J connectivity index is 2.38. The quantitative estimate of drug-likeness (QED) is 0.0289. The number of nitrogens with zero attached hydrogens (tertiary/aromatic N) is 2. The van der Waals surface area contributed by atoms with Crippen molar-refractivity contribution in [1.82, 2.24) is 21.3 Å². The maximum atomic E-state index is 14.0. The normalized spacial score (nSPS) is 13.5. The summed E-state index contributed by atoms with van der Waals surface area (Å²) in [6.45, 7) is 0.712. The lowest BCUT2D eigenvalue weighted by molar-refractivity contribution is -0.142. The predicted octanol–water partition coefficient (Wildman–Crippen LogP) is -2.24. The van der Waals surface area contributed by atoms with Crippen LogP contribution >= 0.6 is 0 Å². The molecule has 0 fully saturated rings. The van der Waals surface area contributed by atoms with Gasteiger partial charge < -0.3 is 65.9 Å². The summed E-state index contributed by atoms with van der Waals surface area (Å²) < 4.78 is 0. The number of phenolic OH excluding ortho intramolecular Hbond substituents is 1. The molecule has 0 aliphatic rings. The molecule has 0 saturated heterocycles. The Kier molecular flexibility index (Phi) is 20.0. The van der Waals surface area contributed by atoms with E-state index in [0.29, 0.717) is 36.9 Å². The minimum Gasteiger partial charge on any atom is -0.508 e. The number of amides is 4. The number of phenols is 1. The molecule has 0 radical (unpaired) electrons. The van der Waals surface area contributed by atoms with E-state index in [-0.39, 0.29) is 69.3 Å². The van der Waals surface area contributed by atoms with Gasteiger partial charge in [-0.2, -0.15) is 0 Å². The zero-order valence-corrected chi connectivity index (χ0v) is 30.9. The van der Waals surface area contributed by atoms with Gasteiger partial charge >= 0.3 is 5.97 Å². The van der Waals surface area contributed by atoms with Crippen molar-refractivity contribution in [2.75, 3.05) is 19.6 Å². The minimum absolute atomic E-state index is 0.00280. The first-order valence-electron chi connectivity index (χ1n) is 18.0. The molecule has 5 atom stereocenters. The first kappa shape index (κ1) is 45.2. The van der Waals surface area contributed by atoms with Gasteiger partial charge in [0.05, 0.1) is 6.04 Å². The number of benzene rings is 2. The van der Waals surface area contributed by atoms with Crippen molar-refractivity contribution < 1.29 is 34.2 Å². The molecular weight excluding hydrogens is 712 g/mol. The number of hydrogen-bond acceptors (Lipinski definition) is 10. The lowest BCUT2D eigenvalue weighted by Gasteiger charge is -2.27. The van der Waals surface area contributed by atoms with E-state index in [9.17, 15) is 34.2 Å². The molecular formula is C36H56N12O7. The molecule has 302 valence electrons. The summed E-state index contributed by atoms with van der Waals surface area (Å²) in [5.41, 5.74) is 34.6. The van der Waals surface area contributed by atoms with Gasteiger partial charge in [0.15, 0.2) is 11.9 Å². The lowest BCUT2D eigenvalue weighted by Crippen LogP contribution is -2.59. The summed E-state index contributed by atoms with van der Waals surface area (Å²) in [4.78, 5) is 74.6. The molecule has 55 heavy (non-hydrogen) atoms. The van der Waals surface area contributed by atoms with Crippen molar-refractivity contribution in [2.24, 2.45) is 44.4 Å². The second kappa shape index (κ2) is 24.4. The smallest absolute Gasteiger partial charge is 0.326 e. The van der Waals surface area contributed by atoms with E-state index < -0.39 is 59.8 Å². The van der Waals surface area contributed by atoms with Gasteiger partial charge in [-0.3, -0.25) is 29.2 Å². The first-order valence-corrected chi connectivity index (χ1v) is 18.0. The van der Waals surface area contributed by atoms with Crippen LogP contribution in [0.25, 0.3) is 0 Å². The number of rotatable bonds is 25. The molecule has 19 nitrogen and oxygen atoms in total. The van der Waals surface area contributed by atoms with Crippen LogP contribution in [-0.4, -0.2) is 102 Å². The number of unbranched alkanes of at least 4 members (excludes halogenated alkanes) is 1. The number of carbonyl (C=O) groups is 5. The Morgan fingerprint density at radius 1 is 0.582 bits per heavy atom. The summed E-state index contributed by atoms with van der Waals surface area (Å²) in [5, 5.41) is 30.2. The largest absolute Gasteiger partial charge is 0.508 e. The van der Waals surface area contributed by atoms with Crippen molar-refractivity contribution in [2.45, 2.75) is 88.0 Å². The molecule has 0 aromatic heterocycles. The van der Waals surface area contributed by atoms with Gasteiger partial charge in [-0.15, -0.1) is 0 Å². The number of hydrogen-bond donors (Lipinski definition) is 12. The van der Waals surface area contributed by atoms with Gasteiger partial charge in [-0.1, -0.05) is 42.5 Å². The average molecular weight is 769 g/mol. The third-order valence-corrected chi connectivity index (χ3v) is 8.37. The Bertz CT molecular complexity index is 1580. The lowest BCUT2D eigenvalue weighted by atomic mass is 10.0. The number of carboxylic acid groups (broad SMARTS) is 1. The molecule has 0 aliphatic carbocycles. The molecule has 2 aromatic carbocycles. The molecule has 19 heteroatoms. The van der Waals surface area contributed by atoms with Crippen LogP contribution in [0.4, 0.5) is 0 Å². The van der Waals surface area contributed by atoms with Crippen LogP contribution < -0.4 is 55.7 Å². The van der Waals surface area contributed by atoms with Gasteiger partial charge in [-0.25, -0.2) is 4.79 Å². The molecule has 0 aliphatic heterocycles. The molecule has 2 rings (SSSR count). The Labute approximate surface area is 320 Å². The van der Waals surface area contributed by atoms with Gasteiger partial charge in [-0.05, 0) is 74.8 Å². The molecule has 0 heterocycles. The van der Waals surface area contributed by atoms with Gasteiger partial charge in [0.25, 0.3) is 0 Å². The first-order chi connectivity index (χ1) is 26.2. The van der Waals surface area contributed by atoms with E-state index in [1.165, 1.54) is 12.1 Å². The maximum Gasteiger partial charge on any atom is 0.326 e. The Hall–Kier alpha value is -5.95. The number of carboxylic acids is 1. The number of aromatic hydroxyl groups is 1. The molecule has 0 saturated carbocycles. The summed E-state index contributed by atoms with van der Waals surface area (Å²) in [7, 11) is 0. The van der Waals surface area contributed by atoms with E-state index in [2.05, 4.69) is 31.3 Å².